The molecule has 0 aliphatic carbocycles. The summed E-state index contributed by atoms with van der Waals surface area (Å²) in [6.45, 7) is 19.3. The van der Waals surface area contributed by atoms with Crippen LogP contribution in [0.3, 0.4) is 0 Å². The molecule has 2 nitrogen and oxygen atoms in total. The third-order valence-electron chi connectivity index (χ3n) is 3.73. The van der Waals surface area contributed by atoms with Gasteiger partial charge in [0.05, 0.1) is 0 Å². The van der Waals surface area contributed by atoms with Gasteiger partial charge in [0.25, 0.3) is 0 Å². The molecule has 2 heteroatoms. The molecule has 20 heavy (non-hydrogen) atoms. The summed E-state index contributed by atoms with van der Waals surface area (Å²) in [5.74, 6) is 1.31. The second-order valence-corrected chi connectivity index (χ2v) is 6.59. The maximum Gasteiger partial charge on any atom is 0.0171 e. The molecule has 0 atom stereocenters. The zero-order chi connectivity index (χ0) is 15.5. The van der Waals surface area contributed by atoms with Crippen molar-refractivity contribution in [2.45, 2.75) is 59.8 Å². The van der Waals surface area contributed by atoms with Crippen molar-refractivity contribution in [3.8, 4) is 0 Å². The molecule has 0 saturated heterocycles. The van der Waals surface area contributed by atoms with Crippen LogP contribution in [0.5, 0.6) is 0 Å². The Kier molecular flexibility index (Phi) is 10.3. The smallest absolute Gasteiger partial charge is 0.0171 e. The lowest BCUT2D eigenvalue weighted by Crippen LogP contribution is -2.21. The van der Waals surface area contributed by atoms with Crippen molar-refractivity contribution < 1.29 is 0 Å². The van der Waals surface area contributed by atoms with E-state index in [1.807, 2.05) is 0 Å². The lowest BCUT2D eigenvalue weighted by molar-refractivity contribution is 0.363. The molecule has 0 amide bonds. The van der Waals surface area contributed by atoms with E-state index >= 15 is 0 Å². The molecule has 0 bridgehead atoms. The summed E-state index contributed by atoms with van der Waals surface area (Å²) in [5, 5.41) is 3.44. The highest BCUT2D eigenvalue weighted by molar-refractivity contribution is 4.95. The van der Waals surface area contributed by atoms with Gasteiger partial charge < -0.3 is 10.2 Å². The largest absolute Gasteiger partial charge is 0.389 e. The number of hydrogen-bond acceptors (Lipinski definition) is 2. The van der Waals surface area contributed by atoms with Gasteiger partial charge in [0.1, 0.15) is 0 Å². The molecule has 1 N–H and O–H groups in total. The molecule has 118 valence electrons. The molecule has 0 fully saturated rings. The lowest BCUT2D eigenvalue weighted by Gasteiger charge is -2.24. The van der Waals surface area contributed by atoms with Crippen LogP contribution in [-0.2, 0) is 0 Å². The molecule has 0 unspecified atom stereocenters. The average molecular weight is 280 g/mol. The summed E-state index contributed by atoms with van der Waals surface area (Å²) >= 11 is 0. The van der Waals surface area contributed by atoms with Gasteiger partial charge in [-0.1, -0.05) is 40.9 Å². The number of allylic oxidation sites excluding steroid dienone is 2. The fourth-order valence-electron chi connectivity index (χ4n) is 2.05. The van der Waals surface area contributed by atoms with Crippen molar-refractivity contribution in [2.75, 3.05) is 20.1 Å². The minimum absolute atomic E-state index is 0.547. The highest BCUT2D eigenvalue weighted by atomic mass is 15.1. The van der Waals surface area contributed by atoms with Crippen molar-refractivity contribution in [3.63, 3.8) is 0 Å². The number of unbranched alkanes of at least 4 members (excludes halogenated alkanes) is 2. The Balaban J connectivity index is 3.49. The second kappa shape index (κ2) is 10.8. The van der Waals surface area contributed by atoms with Gasteiger partial charge in [0.2, 0.25) is 0 Å². The first kappa shape index (κ1) is 19.1. The Morgan fingerprint density at radius 2 is 1.70 bits per heavy atom. The number of nitrogens with zero attached hydrogens (tertiary/aromatic N) is 1. The molecule has 0 aromatic heterocycles. The van der Waals surface area contributed by atoms with Crippen LogP contribution < -0.4 is 5.32 Å². The van der Waals surface area contributed by atoms with Crippen molar-refractivity contribution in [1.29, 1.82) is 0 Å². The van der Waals surface area contributed by atoms with Crippen molar-refractivity contribution in [3.05, 3.63) is 24.6 Å². The quantitative estimate of drug-likeness (QED) is 0.517. The van der Waals surface area contributed by atoms with Crippen LogP contribution in [0, 0.1) is 11.8 Å². The Morgan fingerprint density at radius 3 is 2.25 bits per heavy atom. The zero-order valence-electron chi connectivity index (χ0n) is 14.5. The van der Waals surface area contributed by atoms with Crippen LogP contribution in [0.15, 0.2) is 24.6 Å². The molecule has 0 spiro atoms. The van der Waals surface area contributed by atoms with E-state index in [2.05, 4.69) is 58.1 Å². The first-order chi connectivity index (χ1) is 9.34. The Morgan fingerprint density at radius 1 is 1.05 bits per heavy atom. The normalized spacial score (nSPS) is 10.9. The van der Waals surface area contributed by atoms with Gasteiger partial charge in [0, 0.05) is 31.5 Å². The molecule has 0 heterocycles. The standard InChI is InChI=1S/C18H36N2/c1-15(2)11-12-17(5)19-13-9-8-10-14-20(7)18(6)16(3)4/h15-16,19H,5-6,8-14H2,1-4,7H3. The van der Waals surface area contributed by atoms with E-state index in [1.165, 1.54) is 37.1 Å². The first-order valence-corrected chi connectivity index (χ1v) is 8.16. The van der Waals surface area contributed by atoms with Crippen LogP contribution in [0.25, 0.3) is 0 Å². The molecule has 0 aliphatic heterocycles. The van der Waals surface area contributed by atoms with E-state index in [-0.39, 0.29) is 0 Å². The van der Waals surface area contributed by atoms with Gasteiger partial charge in [0.15, 0.2) is 0 Å². The lowest BCUT2D eigenvalue weighted by atomic mass is 10.1. The van der Waals surface area contributed by atoms with Crippen LogP contribution in [0.4, 0.5) is 0 Å². The van der Waals surface area contributed by atoms with Crippen LogP contribution >= 0.6 is 0 Å². The van der Waals surface area contributed by atoms with Crippen LogP contribution in [0.2, 0.25) is 0 Å². The van der Waals surface area contributed by atoms with Crippen LogP contribution in [0.1, 0.15) is 59.8 Å². The molecule has 0 aromatic carbocycles. The fraction of sp³-hybridized carbons (Fsp3) is 0.778. The number of rotatable bonds is 12. The summed E-state index contributed by atoms with van der Waals surface area (Å²) in [6, 6.07) is 0. The van der Waals surface area contributed by atoms with E-state index in [4.69, 9.17) is 0 Å². The highest BCUT2D eigenvalue weighted by Crippen LogP contribution is 2.12. The van der Waals surface area contributed by atoms with Gasteiger partial charge in [-0.3, -0.25) is 0 Å². The summed E-state index contributed by atoms with van der Waals surface area (Å²) in [5.41, 5.74) is 2.44. The van der Waals surface area contributed by atoms with Crippen LogP contribution in [-0.4, -0.2) is 25.0 Å². The van der Waals surface area contributed by atoms with Crippen molar-refractivity contribution in [2.24, 2.45) is 11.8 Å². The Hall–Kier alpha value is -0.920. The minimum Gasteiger partial charge on any atom is -0.389 e. The highest BCUT2D eigenvalue weighted by Gasteiger charge is 2.05. The average Bonchev–Trinajstić information content (AvgIpc) is 2.38. The van der Waals surface area contributed by atoms with Crippen molar-refractivity contribution in [1.82, 2.24) is 10.2 Å². The summed E-state index contributed by atoms with van der Waals surface area (Å²) in [4.78, 5) is 2.29. The van der Waals surface area contributed by atoms with Gasteiger partial charge >= 0.3 is 0 Å². The van der Waals surface area contributed by atoms with Crippen molar-refractivity contribution >= 4 is 0 Å². The Bertz CT molecular complexity index is 279. The molecule has 0 aromatic rings. The molecule has 0 saturated carbocycles. The van der Waals surface area contributed by atoms with E-state index in [1.54, 1.807) is 0 Å². The maximum atomic E-state index is 4.13. The molecular weight excluding hydrogens is 244 g/mol. The van der Waals surface area contributed by atoms with E-state index in [0.29, 0.717) is 5.92 Å². The summed E-state index contributed by atoms with van der Waals surface area (Å²) in [6.07, 6.45) is 6.06. The molecule has 0 rings (SSSR count). The monoisotopic (exact) mass is 280 g/mol. The molecule has 0 aliphatic rings. The fourth-order valence-corrected chi connectivity index (χ4v) is 2.05. The molecular formula is C18H36N2. The van der Waals surface area contributed by atoms with Gasteiger partial charge in [-0.15, -0.1) is 0 Å². The zero-order valence-corrected chi connectivity index (χ0v) is 14.5. The van der Waals surface area contributed by atoms with E-state index in [0.717, 1.165) is 25.4 Å². The number of nitrogens with one attached hydrogen (secondary N) is 1. The van der Waals surface area contributed by atoms with Gasteiger partial charge in [-0.25, -0.2) is 0 Å². The third kappa shape index (κ3) is 9.94. The Labute approximate surface area is 127 Å². The predicted octanol–water partition coefficient (Wildman–Crippen LogP) is 4.80. The minimum atomic E-state index is 0.547. The maximum absolute atomic E-state index is 4.13. The number of hydrogen-bond donors (Lipinski definition) is 1. The van der Waals surface area contributed by atoms with E-state index < -0.39 is 0 Å². The summed E-state index contributed by atoms with van der Waals surface area (Å²) < 4.78 is 0. The molecule has 0 radical (unpaired) electrons. The predicted molar refractivity (Wildman–Crippen MR) is 91.7 cm³/mol. The first-order valence-electron chi connectivity index (χ1n) is 8.16. The van der Waals surface area contributed by atoms with Gasteiger partial charge in [-0.05, 0) is 43.9 Å². The third-order valence-corrected chi connectivity index (χ3v) is 3.73. The second-order valence-electron chi connectivity index (χ2n) is 6.59. The topological polar surface area (TPSA) is 15.3 Å². The SMILES string of the molecule is C=C(CCC(C)C)NCCCCCN(C)C(=C)C(C)C. The van der Waals surface area contributed by atoms with E-state index in [9.17, 15) is 0 Å². The summed E-state index contributed by atoms with van der Waals surface area (Å²) in [7, 11) is 2.15. The van der Waals surface area contributed by atoms with Gasteiger partial charge in [-0.2, -0.15) is 0 Å².